The highest BCUT2D eigenvalue weighted by molar-refractivity contribution is 14.1. The van der Waals surface area contributed by atoms with Gasteiger partial charge in [0.05, 0.1) is 11.6 Å². The molecule has 0 N–H and O–H groups in total. The van der Waals surface area contributed by atoms with E-state index in [2.05, 4.69) is 58.8 Å². The molecule has 2 nitrogen and oxygen atoms in total. The van der Waals surface area contributed by atoms with Gasteiger partial charge in [0.1, 0.15) is 0 Å². The summed E-state index contributed by atoms with van der Waals surface area (Å²) in [7, 11) is 0. The van der Waals surface area contributed by atoms with E-state index in [1.165, 1.54) is 9.14 Å². The molecule has 0 unspecified atom stereocenters. The molecule has 0 aliphatic heterocycles. The topological polar surface area (TPSA) is 36.7 Å². The van der Waals surface area contributed by atoms with Gasteiger partial charge in [0.25, 0.3) is 0 Å². The average molecular weight is 402 g/mol. The molecular formula is C19H19IN2. The second-order valence-electron chi connectivity index (χ2n) is 5.24. The van der Waals surface area contributed by atoms with E-state index in [4.69, 9.17) is 0 Å². The van der Waals surface area contributed by atoms with E-state index in [-0.39, 0.29) is 0 Å². The molecule has 1 aromatic heterocycles. The average Bonchev–Trinajstić information content (AvgIpc) is 2.52. The monoisotopic (exact) mass is 402 g/mol. The van der Waals surface area contributed by atoms with Crippen LogP contribution in [0.4, 0.5) is 0 Å². The van der Waals surface area contributed by atoms with Crippen LogP contribution in [0, 0.1) is 21.8 Å². The number of pyridine rings is 1. The number of halogens is 1. The summed E-state index contributed by atoms with van der Waals surface area (Å²) in [5.41, 5.74) is 4.11. The van der Waals surface area contributed by atoms with Crippen molar-refractivity contribution < 1.29 is 0 Å². The SMILES string of the molecule is C/C=C\C=C(/CCC)c1cc(C#N)c2cnc(C)cc2c1I. The lowest BCUT2D eigenvalue weighted by Crippen LogP contribution is -1.95. The van der Waals surface area contributed by atoms with Crippen LogP contribution in [0.2, 0.25) is 0 Å². The van der Waals surface area contributed by atoms with Gasteiger partial charge in [-0.3, -0.25) is 4.98 Å². The fourth-order valence-corrected chi connectivity index (χ4v) is 3.45. The molecular weight excluding hydrogens is 383 g/mol. The first-order valence-electron chi connectivity index (χ1n) is 7.43. The third kappa shape index (κ3) is 3.38. The summed E-state index contributed by atoms with van der Waals surface area (Å²) < 4.78 is 1.20. The lowest BCUT2D eigenvalue weighted by molar-refractivity contribution is 0.972. The van der Waals surface area contributed by atoms with Gasteiger partial charge in [0.2, 0.25) is 0 Å². The first-order valence-corrected chi connectivity index (χ1v) is 8.51. The molecule has 22 heavy (non-hydrogen) atoms. The molecule has 0 radical (unpaired) electrons. The number of hydrogen-bond acceptors (Lipinski definition) is 2. The predicted octanol–water partition coefficient (Wildman–Crippen LogP) is 5.78. The molecule has 0 amide bonds. The minimum absolute atomic E-state index is 0.695. The van der Waals surface area contributed by atoms with Crippen molar-refractivity contribution in [1.82, 2.24) is 4.98 Å². The van der Waals surface area contributed by atoms with E-state index < -0.39 is 0 Å². The standard InChI is InChI=1S/C19H19IN2/c1-4-6-8-14(7-5-2)16-10-15(11-21)18-12-22-13(3)9-17(18)19(16)20/h4,6,8-10,12H,5,7H2,1-3H3/b6-4-,14-8+. The largest absolute Gasteiger partial charge is 0.261 e. The molecule has 0 saturated heterocycles. The van der Waals surface area contributed by atoms with Crippen molar-refractivity contribution >= 4 is 38.9 Å². The van der Waals surface area contributed by atoms with Crippen molar-refractivity contribution in [1.29, 1.82) is 5.26 Å². The van der Waals surface area contributed by atoms with E-state index >= 15 is 0 Å². The Hall–Kier alpha value is -1.67. The zero-order chi connectivity index (χ0) is 16.1. The number of nitrogens with zero attached hydrogens (tertiary/aromatic N) is 2. The van der Waals surface area contributed by atoms with E-state index in [1.807, 2.05) is 32.2 Å². The molecule has 0 spiro atoms. The Morgan fingerprint density at radius 2 is 2.14 bits per heavy atom. The highest BCUT2D eigenvalue weighted by Gasteiger charge is 2.13. The van der Waals surface area contributed by atoms with Gasteiger partial charge < -0.3 is 0 Å². The van der Waals surface area contributed by atoms with Crippen LogP contribution in [-0.4, -0.2) is 4.98 Å². The third-order valence-corrected chi connectivity index (χ3v) is 4.73. The van der Waals surface area contributed by atoms with Crippen molar-refractivity contribution in [3.63, 3.8) is 0 Å². The fourth-order valence-electron chi connectivity index (χ4n) is 2.50. The van der Waals surface area contributed by atoms with Gasteiger partial charge in [-0.2, -0.15) is 5.26 Å². The molecule has 112 valence electrons. The summed E-state index contributed by atoms with van der Waals surface area (Å²) in [6, 6.07) is 6.40. The molecule has 2 rings (SSSR count). The fraction of sp³-hybridized carbons (Fsp3) is 0.263. The maximum absolute atomic E-state index is 9.49. The second-order valence-corrected chi connectivity index (χ2v) is 6.32. The van der Waals surface area contributed by atoms with Gasteiger partial charge in [0, 0.05) is 26.2 Å². The van der Waals surface area contributed by atoms with Gasteiger partial charge in [-0.15, -0.1) is 0 Å². The number of rotatable bonds is 4. The maximum Gasteiger partial charge on any atom is 0.0998 e. The van der Waals surface area contributed by atoms with Crippen LogP contribution in [-0.2, 0) is 0 Å². The van der Waals surface area contributed by atoms with E-state index in [1.54, 1.807) is 0 Å². The lowest BCUT2D eigenvalue weighted by atomic mass is 9.95. The van der Waals surface area contributed by atoms with Crippen LogP contribution < -0.4 is 0 Å². The zero-order valence-electron chi connectivity index (χ0n) is 13.2. The maximum atomic E-state index is 9.49. The van der Waals surface area contributed by atoms with Gasteiger partial charge in [0.15, 0.2) is 0 Å². The minimum atomic E-state index is 0.695. The van der Waals surface area contributed by atoms with Gasteiger partial charge in [-0.1, -0.05) is 31.6 Å². The number of hydrogen-bond donors (Lipinski definition) is 0. The number of nitriles is 1. The summed E-state index contributed by atoms with van der Waals surface area (Å²) >= 11 is 2.39. The Morgan fingerprint density at radius 1 is 1.36 bits per heavy atom. The Morgan fingerprint density at radius 3 is 2.77 bits per heavy atom. The highest BCUT2D eigenvalue weighted by atomic mass is 127. The molecule has 2 aromatic rings. The summed E-state index contributed by atoms with van der Waals surface area (Å²) in [6.45, 7) is 6.18. The molecule has 0 aliphatic carbocycles. The quantitative estimate of drug-likeness (QED) is 0.480. The third-order valence-electron chi connectivity index (χ3n) is 3.57. The number of benzene rings is 1. The van der Waals surface area contributed by atoms with Crippen LogP contribution in [0.3, 0.4) is 0 Å². The molecule has 0 saturated carbocycles. The number of fused-ring (bicyclic) bond motifs is 1. The first-order chi connectivity index (χ1) is 10.6. The second kappa shape index (κ2) is 7.55. The van der Waals surface area contributed by atoms with Crippen LogP contribution in [0.1, 0.15) is 43.5 Å². The van der Waals surface area contributed by atoms with Crippen molar-refractivity contribution in [2.45, 2.75) is 33.6 Å². The Balaban J connectivity index is 2.78. The number of aromatic nitrogens is 1. The van der Waals surface area contributed by atoms with Gasteiger partial charge >= 0.3 is 0 Å². The van der Waals surface area contributed by atoms with Crippen LogP contribution in [0.5, 0.6) is 0 Å². The smallest absolute Gasteiger partial charge is 0.0998 e. The Bertz CT molecular complexity index is 795. The van der Waals surface area contributed by atoms with E-state index in [0.29, 0.717) is 5.56 Å². The molecule has 1 heterocycles. The van der Waals surface area contributed by atoms with Crippen LogP contribution >= 0.6 is 22.6 Å². The van der Waals surface area contributed by atoms with Gasteiger partial charge in [-0.05, 0) is 66.1 Å². The van der Waals surface area contributed by atoms with Crippen LogP contribution in [0.15, 0.2) is 36.6 Å². The highest BCUT2D eigenvalue weighted by Crippen LogP contribution is 2.33. The number of allylic oxidation sites excluding steroid dienone is 4. The lowest BCUT2D eigenvalue weighted by Gasteiger charge is -2.13. The van der Waals surface area contributed by atoms with E-state index in [0.717, 1.165) is 34.9 Å². The minimum Gasteiger partial charge on any atom is -0.261 e. The molecule has 1 aromatic carbocycles. The normalized spacial score (nSPS) is 12.0. The van der Waals surface area contributed by atoms with Crippen molar-refractivity contribution in [2.24, 2.45) is 0 Å². The molecule has 0 aliphatic rings. The van der Waals surface area contributed by atoms with Gasteiger partial charge in [-0.25, -0.2) is 0 Å². The summed E-state index contributed by atoms with van der Waals surface area (Å²) in [4.78, 5) is 4.34. The molecule has 3 heteroatoms. The molecule has 0 fully saturated rings. The Kier molecular flexibility index (Phi) is 5.73. The zero-order valence-corrected chi connectivity index (χ0v) is 15.3. The summed E-state index contributed by atoms with van der Waals surface area (Å²) in [6.07, 6.45) is 10.1. The summed E-state index contributed by atoms with van der Waals surface area (Å²) in [5, 5.41) is 11.5. The molecule has 0 atom stereocenters. The molecule has 0 bridgehead atoms. The summed E-state index contributed by atoms with van der Waals surface area (Å²) in [5.74, 6) is 0. The van der Waals surface area contributed by atoms with Crippen LogP contribution in [0.25, 0.3) is 16.3 Å². The van der Waals surface area contributed by atoms with Crippen molar-refractivity contribution in [2.75, 3.05) is 0 Å². The Labute approximate surface area is 145 Å². The first kappa shape index (κ1) is 16.7. The predicted molar refractivity (Wildman–Crippen MR) is 102 cm³/mol. The van der Waals surface area contributed by atoms with E-state index in [9.17, 15) is 5.26 Å². The number of aryl methyl sites for hydroxylation is 1. The van der Waals surface area contributed by atoms with Crippen molar-refractivity contribution in [3.05, 3.63) is 56.9 Å². The van der Waals surface area contributed by atoms with Crippen molar-refractivity contribution in [3.8, 4) is 6.07 Å².